The van der Waals surface area contributed by atoms with E-state index in [0.29, 0.717) is 6.42 Å². The first kappa shape index (κ1) is 7.79. The Bertz CT molecular complexity index is 231. The van der Waals surface area contributed by atoms with E-state index in [9.17, 15) is 4.79 Å². The second-order valence-electron chi connectivity index (χ2n) is 2.12. The summed E-state index contributed by atoms with van der Waals surface area (Å²) in [6.07, 6.45) is 0.499. The van der Waals surface area contributed by atoms with E-state index < -0.39 is 0 Å². The predicted octanol–water partition coefficient (Wildman–Crippen LogP) is 1.64. The molecular weight excluding hydrogens is 138 g/mol. The van der Waals surface area contributed by atoms with E-state index >= 15 is 0 Å². The highest BCUT2D eigenvalue weighted by Crippen LogP contribution is 2.03. The lowest BCUT2D eigenvalue weighted by molar-refractivity contribution is -0.115. The van der Waals surface area contributed by atoms with Crippen molar-refractivity contribution in [1.82, 2.24) is 0 Å². The molecule has 2 nitrogen and oxygen atoms in total. The molecule has 1 rings (SSSR count). The molecule has 0 atom stereocenters. The normalized spacial score (nSPS) is 9.18. The predicted molar refractivity (Wildman–Crippen MR) is 43.0 cm³/mol. The SMILES string of the molecule is CCC(=O)Nc1c[c][c]cc1. The van der Waals surface area contributed by atoms with Crippen LogP contribution in [0.25, 0.3) is 0 Å². The largest absolute Gasteiger partial charge is 0.326 e. The van der Waals surface area contributed by atoms with Gasteiger partial charge in [0.1, 0.15) is 0 Å². The highest BCUT2D eigenvalue weighted by molar-refractivity contribution is 5.90. The van der Waals surface area contributed by atoms with Gasteiger partial charge in [-0.1, -0.05) is 13.0 Å². The molecule has 1 N–H and O–H groups in total. The number of carbonyl (C=O) groups is 1. The van der Waals surface area contributed by atoms with Crippen LogP contribution in [0, 0.1) is 12.1 Å². The molecule has 0 spiro atoms. The summed E-state index contributed by atoms with van der Waals surface area (Å²) in [6.45, 7) is 1.81. The van der Waals surface area contributed by atoms with Crippen molar-refractivity contribution in [2.45, 2.75) is 13.3 Å². The molecule has 0 heterocycles. The van der Waals surface area contributed by atoms with Crippen LogP contribution >= 0.6 is 0 Å². The maximum atomic E-state index is 10.8. The Morgan fingerprint density at radius 1 is 1.64 bits per heavy atom. The lowest BCUT2D eigenvalue weighted by Gasteiger charge is -2.00. The van der Waals surface area contributed by atoms with Crippen molar-refractivity contribution in [3.8, 4) is 0 Å². The molecule has 2 heteroatoms. The third-order valence-corrected chi connectivity index (χ3v) is 1.26. The minimum absolute atomic E-state index is 0.0181. The van der Waals surface area contributed by atoms with E-state index in [1.807, 2.05) is 6.92 Å². The maximum absolute atomic E-state index is 10.8. The van der Waals surface area contributed by atoms with Gasteiger partial charge in [0.25, 0.3) is 0 Å². The second kappa shape index (κ2) is 3.76. The highest BCUT2D eigenvalue weighted by Gasteiger charge is 1.95. The zero-order valence-corrected chi connectivity index (χ0v) is 6.35. The molecule has 11 heavy (non-hydrogen) atoms. The summed E-state index contributed by atoms with van der Waals surface area (Å²) < 4.78 is 0. The summed E-state index contributed by atoms with van der Waals surface area (Å²) in [4.78, 5) is 10.8. The van der Waals surface area contributed by atoms with Gasteiger partial charge in [-0.15, -0.1) is 0 Å². The van der Waals surface area contributed by atoms with Crippen LogP contribution in [0.4, 0.5) is 5.69 Å². The molecule has 1 aromatic rings. The van der Waals surface area contributed by atoms with Gasteiger partial charge < -0.3 is 5.32 Å². The van der Waals surface area contributed by atoms with Gasteiger partial charge in [-0.3, -0.25) is 4.79 Å². The molecule has 0 fully saturated rings. The molecule has 0 unspecified atom stereocenters. The molecule has 56 valence electrons. The molecule has 0 saturated heterocycles. The Kier molecular flexibility index (Phi) is 2.66. The number of amides is 1. The van der Waals surface area contributed by atoms with E-state index in [4.69, 9.17) is 0 Å². The van der Waals surface area contributed by atoms with Crippen LogP contribution in [0.15, 0.2) is 18.2 Å². The minimum Gasteiger partial charge on any atom is -0.326 e. The topological polar surface area (TPSA) is 29.1 Å². The average molecular weight is 147 g/mol. The van der Waals surface area contributed by atoms with Crippen molar-refractivity contribution in [2.24, 2.45) is 0 Å². The first-order chi connectivity index (χ1) is 5.33. The van der Waals surface area contributed by atoms with Gasteiger partial charge in [0, 0.05) is 12.1 Å². The van der Waals surface area contributed by atoms with Crippen LogP contribution in [0.2, 0.25) is 0 Å². The summed E-state index contributed by atoms with van der Waals surface area (Å²) in [5.41, 5.74) is 0.774. The molecule has 1 amide bonds. The maximum Gasteiger partial charge on any atom is 0.224 e. The lowest BCUT2D eigenvalue weighted by Crippen LogP contribution is -2.08. The number of rotatable bonds is 2. The number of anilines is 1. The number of hydrogen-bond acceptors (Lipinski definition) is 1. The monoisotopic (exact) mass is 147 g/mol. The summed E-state index contributed by atoms with van der Waals surface area (Å²) in [7, 11) is 0. The summed E-state index contributed by atoms with van der Waals surface area (Å²) >= 11 is 0. The van der Waals surface area contributed by atoms with Crippen molar-refractivity contribution < 1.29 is 4.79 Å². The zero-order valence-electron chi connectivity index (χ0n) is 6.35. The Balaban J connectivity index is 2.58. The molecule has 2 radical (unpaired) electrons. The molecule has 0 saturated carbocycles. The molecule has 0 aliphatic rings. The smallest absolute Gasteiger partial charge is 0.224 e. The van der Waals surface area contributed by atoms with E-state index in [1.165, 1.54) is 0 Å². The van der Waals surface area contributed by atoms with Crippen molar-refractivity contribution >= 4 is 11.6 Å². The van der Waals surface area contributed by atoms with E-state index in [1.54, 1.807) is 18.2 Å². The number of hydrogen-bond donors (Lipinski definition) is 1. The molecule has 0 bridgehead atoms. The standard InChI is InChI=1S/C9H9NO/c1-2-9(11)10-8-6-4-3-5-7-8/h4,6-7H,2H2,1H3,(H,10,11). The fraction of sp³-hybridized carbons (Fsp3) is 0.222. The van der Waals surface area contributed by atoms with Crippen molar-refractivity contribution in [3.63, 3.8) is 0 Å². The lowest BCUT2D eigenvalue weighted by atomic mass is 10.3. The van der Waals surface area contributed by atoms with Gasteiger partial charge in [-0.25, -0.2) is 0 Å². The van der Waals surface area contributed by atoms with E-state index in [0.717, 1.165) is 5.69 Å². The van der Waals surface area contributed by atoms with Crippen molar-refractivity contribution in [1.29, 1.82) is 0 Å². The number of nitrogens with one attached hydrogen (secondary N) is 1. The second-order valence-corrected chi connectivity index (χ2v) is 2.12. The number of benzene rings is 1. The minimum atomic E-state index is 0.0181. The van der Waals surface area contributed by atoms with Crippen LogP contribution in [0.3, 0.4) is 0 Å². The van der Waals surface area contributed by atoms with Gasteiger partial charge >= 0.3 is 0 Å². The first-order valence-corrected chi connectivity index (χ1v) is 3.50. The van der Waals surface area contributed by atoms with Gasteiger partial charge in [-0.05, 0) is 24.3 Å². The Morgan fingerprint density at radius 3 is 3.00 bits per heavy atom. The Morgan fingerprint density at radius 2 is 2.45 bits per heavy atom. The van der Waals surface area contributed by atoms with Crippen LogP contribution < -0.4 is 5.32 Å². The Labute approximate surface area is 66.2 Å². The van der Waals surface area contributed by atoms with Gasteiger partial charge in [0.05, 0.1) is 0 Å². The van der Waals surface area contributed by atoms with Crippen molar-refractivity contribution in [2.75, 3.05) is 5.32 Å². The van der Waals surface area contributed by atoms with Crippen molar-refractivity contribution in [3.05, 3.63) is 30.3 Å². The molecule has 0 aromatic heterocycles. The summed E-state index contributed by atoms with van der Waals surface area (Å²) in [5, 5.41) is 2.70. The third kappa shape index (κ3) is 2.42. The summed E-state index contributed by atoms with van der Waals surface area (Å²) in [6, 6.07) is 10.7. The highest BCUT2D eigenvalue weighted by atomic mass is 16.1. The Hall–Kier alpha value is -1.31. The third-order valence-electron chi connectivity index (χ3n) is 1.26. The van der Waals surface area contributed by atoms with Gasteiger partial charge in [0.15, 0.2) is 0 Å². The van der Waals surface area contributed by atoms with E-state index in [2.05, 4.69) is 17.4 Å². The quantitative estimate of drug-likeness (QED) is 0.676. The number of carbonyl (C=O) groups excluding carboxylic acids is 1. The first-order valence-electron chi connectivity index (χ1n) is 3.50. The summed E-state index contributed by atoms with van der Waals surface area (Å²) in [5.74, 6) is 0.0181. The van der Waals surface area contributed by atoms with Gasteiger partial charge in [-0.2, -0.15) is 0 Å². The molecule has 1 aromatic carbocycles. The molecular formula is C9H9NO. The zero-order chi connectivity index (χ0) is 8.10. The fourth-order valence-electron chi connectivity index (χ4n) is 0.674. The van der Waals surface area contributed by atoms with Crippen LogP contribution in [0.1, 0.15) is 13.3 Å². The molecule has 0 aliphatic heterocycles. The van der Waals surface area contributed by atoms with Crippen LogP contribution in [-0.4, -0.2) is 5.91 Å². The van der Waals surface area contributed by atoms with E-state index in [-0.39, 0.29) is 5.91 Å². The van der Waals surface area contributed by atoms with Crippen LogP contribution in [0.5, 0.6) is 0 Å². The van der Waals surface area contributed by atoms with Crippen LogP contribution in [-0.2, 0) is 4.79 Å². The van der Waals surface area contributed by atoms with Gasteiger partial charge in [0.2, 0.25) is 5.91 Å². The fourth-order valence-corrected chi connectivity index (χ4v) is 0.674. The molecule has 0 aliphatic carbocycles. The average Bonchev–Trinajstić information content (AvgIpc) is 2.06.